The van der Waals surface area contributed by atoms with E-state index >= 15 is 0 Å². The standard InChI is InChI=1S/C16H18N2O5/c1-16(2)8-13(17(10-16)9-15(20)21)7-14(19)11-3-5-12(6-4-11)18(22)23/h3-7H,8-10H2,1-2H3,(H,20,21)/b13-7+. The summed E-state index contributed by atoms with van der Waals surface area (Å²) in [5.74, 6) is -1.24. The molecule has 1 aromatic rings. The molecule has 1 aliphatic heterocycles. The van der Waals surface area contributed by atoms with Crippen molar-refractivity contribution < 1.29 is 19.6 Å². The predicted octanol–water partition coefficient (Wildman–Crippen LogP) is 2.48. The van der Waals surface area contributed by atoms with Gasteiger partial charge in [-0.2, -0.15) is 0 Å². The Morgan fingerprint density at radius 1 is 1.35 bits per heavy atom. The van der Waals surface area contributed by atoms with Crippen molar-refractivity contribution in [3.8, 4) is 0 Å². The van der Waals surface area contributed by atoms with E-state index in [1.807, 2.05) is 13.8 Å². The number of carboxylic acid groups (broad SMARTS) is 1. The lowest BCUT2D eigenvalue weighted by atomic mass is 9.92. The molecule has 1 N–H and O–H groups in total. The molecule has 0 aromatic heterocycles. The fourth-order valence-electron chi connectivity index (χ4n) is 2.72. The van der Waals surface area contributed by atoms with E-state index in [4.69, 9.17) is 5.11 Å². The van der Waals surface area contributed by atoms with E-state index in [0.717, 1.165) is 0 Å². The first-order chi connectivity index (χ1) is 10.7. The van der Waals surface area contributed by atoms with Gasteiger partial charge in [-0.25, -0.2) is 0 Å². The predicted molar refractivity (Wildman–Crippen MR) is 83.1 cm³/mol. The number of benzene rings is 1. The Hall–Kier alpha value is -2.70. The van der Waals surface area contributed by atoms with Crippen LogP contribution in [-0.2, 0) is 4.79 Å². The van der Waals surface area contributed by atoms with Crippen molar-refractivity contribution in [3.63, 3.8) is 0 Å². The number of carboxylic acids is 1. The minimum absolute atomic E-state index is 0.0799. The number of carbonyl (C=O) groups is 2. The van der Waals surface area contributed by atoms with Crippen molar-refractivity contribution in [1.29, 1.82) is 0 Å². The summed E-state index contributed by atoms with van der Waals surface area (Å²) >= 11 is 0. The van der Waals surface area contributed by atoms with Gasteiger partial charge in [-0.3, -0.25) is 19.7 Å². The highest BCUT2D eigenvalue weighted by atomic mass is 16.6. The number of hydrogen-bond acceptors (Lipinski definition) is 5. The van der Waals surface area contributed by atoms with Crippen molar-refractivity contribution in [1.82, 2.24) is 4.90 Å². The average Bonchev–Trinajstić information content (AvgIpc) is 2.72. The molecule has 0 spiro atoms. The van der Waals surface area contributed by atoms with Crippen LogP contribution >= 0.6 is 0 Å². The van der Waals surface area contributed by atoms with Crippen LogP contribution in [0.4, 0.5) is 5.69 Å². The number of aliphatic carboxylic acids is 1. The summed E-state index contributed by atoms with van der Waals surface area (Å²) in [4.78, 5) is 35.0. The van der Waals surface area contributed by atoms with E-state index in [0.29, 0.717) is 24.2 Å². The molecule has 0 saturated carbocycles. The van der Waals surface area contributed by atoms with Crippen molar-refractivity contribution in [2.75, 3.05) is 13.1 Å². The van der Waals surface area contributed by atoms with Crippen LogP contribution < -0.4 is 0 Å². The van der Waals surface area contributed by atoms with Crippen molar-refractivity contribution in [2.24, 2.45) is 5.41 Å². The fourth-order valence-corrected chi connectivity index (χ4v) is 2.72. The summed E-state index contributed by atoms with van der Waals surface area (Å²) in [5, 5.41) is 19.6. The Kier molecular flexibility index (Phi) is 4.49. The topological polar surface area (TPSA) is 101 Å². The molecule has 1 saturated heterocycles. The van der Waals surface area contributed by atoms with E-state index in [-0.39, 0.29) is 23.4 Å². The van der Waals surface area contributed by atoms with Gasteiger partial charge in [-0.1, -0.05) is 13.8 Å². The Bertz CT molecular complexity index is 676. The zero-order chi connectivity index (χ0) is 17.2. The molecule has 23 heavy (non-hydrogen) atoms. The van der Waals surface area contributed by atoms with Crippen molar-refractivity contribution in [2.45, 2.75) is 20.3 Å². The number of non-ortho nitro benzene ring substituents is 1. The highest BCUT2D eigenvalue weighted by Crippen LogP contribution is 2.36. The molecule has 1 aromatic carbocycles. The molecule has 0 amide bonds. The number of nitrogens with zero attached hydrogens (tertiary/aromatic N) is 2. The van der Waals surface area contributed by atoms with Crippen molar-refractivity contribution >= 4 is 17.4 Å². The summed E-state index contributed by atoms with van der Waals surface area (Å²) in [6.45, 7) is 4.44. The van der Waals surface area contributed by atoms with Crippen molar-refractivity contribution in [3.05, 3.63) is 51.7 Å². The number of allylic oxidation sites excluding steroid dienone is 2. The highest BCUT2D eigenvalue weighted by Gasteiger charge is 2.34. The summed E-state index contributed by atoms with van der Waals surface area (Å²) in [7, 11) is 0. The maximum absolute atomic E-state index is 12.3. The molecule has 1 aliphatic rings. The van der Waals surface area contributed by atoms with Crippen LogP contribution in [0.2, 0.25) is 0 Å². The SMILES string of the molecule is CC1(C)C/C(=C\C(=O)c2ccc([N+](=O)[O-])cc2)N(CC(=O)O)C1. The largest absolute Gasteiger partial charge is 0.480 e. The molecule has 7 heteroatoms. The Balaban J connectivity index is 2.22. The number of nitro groups is 1. The van der Waals surface area contributed by atoms with E-state index in [1.165, 1.54) is 30.3 Å². The lowest BCUT2D eigenvalue weighted by Gasteiger charge is -2.19. The maximum Gasteiger partial charge on any atom is 0.323 e. The molecular weight excluding hydrogens is 300 g/mol. The summed E-state index contributed by atoms with van der Waals surface area (Å²) < 4.78 is 0. The lowest BCUT2D eigenvalue weighted by molar-refractivity contribution is -0.384. The van der Waals surface area contributed by atoms with Gasteiger partial charge >= 0.3 is 5.97 Å². The van der Waals surface area contributed by atoms with E-state index in [1.54, 1.807) is 4.90 Å². The molecule has 0 atom stereocenters. The van der Waals surface area contributed by atoms with E-state index < -0.39 is 10.9 Å². The third-order valence-electron chi connectivity index (χ3n) is 3.67. The van der Waals surface area contributed by atoms with Crippen LogP contribution in [0.5, 0.6) is 0 Å². The van der Waals surface area contributed by atoms with Gasteiger partial charge in [0.1, 0.15) is 6.54 Å². The van der Waals surface area contributed by atoms with Crippen LogP contribution in [0.15, 0.2) is 36.0 Å². The van der Waals surface area contributed by atoms with Crippen LogP contribution in [0, 0.1) is 15.5 Å². The Morgan fingerprint density at radius 3 is 2.48 bits per heavy atom. The van der Waals surface area contributed by atoms with Gasteiger partial charge in [-0.15, -0.1) is 0 Å². The monoisotopic (exact) mass is 318 g/mol. The minimum Gasteiger partial charge on any atom is -0.480 e. The molecule has 0 radical (unpaired) electrons. The fraction of sp³-hybridized carbons (Fsp3) is 0.375. The van der Waals surface area contributed by atoms with Crippen LogP contribution in [0.1, 0.15) is 30.6 Å². The summed E-state index contributed by atoms with van der Waals surface area (Å²) in [6.07, 6.45) is 2.04. The minimum atomic E-state index is -0.948. The molecule has 0 bridgehead atoms. The molecule has 7 nitrogen and oxygen atoms in total. The average molecular weight is 318 g/mol. The molecule has 122 valence electrons. The first-order valence-electron chi connectivity index (χ1n) is 7.14. The number of carbonyl (C=O) groups excluding carboxylic acids is 1. The smallest absolute Gasteiger partial charge is 0.323 e. The second kappa shape index (κ2) is 6.20. The van der Waals surface area contributed by atoms with E-state index in [2.05, 4.69) is 0 Å². The normalized spacial score (nSPS) is 18.2. The number of ketones is 1. The molecular formula is C16H18N2O5. The second-order valence-corrected chi connectivity index (χ2v) is 6.39. The third-order valence-corrected chi connectivity index (χ3v) is 3.67. The zero-order valence-electron chi connectivity index (χ0n) is 13.0. The number of likely N-dealkylation sites (tertiary alicyclic amines) is 1. The lowest BCUT2D eigenvalue weighted by Crippen LogP contribution is -2.28. The number of rotatable bonds is 5. The van der Waals surface area contributed by atoms with Gasteiger partial charge in [0.15, 0.2) is 5.78 Å². The van der Waals surface area contributed by atoms with Crippen LogP contribution in [0.25, 0.3) is 0 Å². The van der Waals surface area contributed by atoms with Gasteiger partial charge in [0.25, 0.3) is 5.69 Å². The first-order valence-corrected chi connectivity index (χ1v) is 7.14. The van der Waals surface area contributed by atoms with Gasteiger partial charge in [0, 0.05) is 36.0 Å². The Labute approximate surface area is 133 Å². The van der Waals surface area contributed by atoms with Gasteiger partial charge < -0.3 is 10.0 Å². The summed E-state index contributed by atoms with van der Waals surface area (Å²) in [6, 6.07) is 5.36. The molecule has 1 heterocycles. The van der Waals surface area contributed by atoms with Crippen LogP contribution in [0.3, 0.4) is 0 Å². The molecule has 0 unspecified atom stereocenters. The zero-order valence-corrected chi connectivity index (χ0v) is 13.0. The third kappa shape index (κ3) is 4.15. The quantitative estimate of drug-likeness (QED) is 0.387. The van der Waals surface area contributed by atoms with E-state index in [9.17, 15) is 19.7 Å². The molecule has 2 rings (SSSR count). The second-order valence-electron chi connectivity index (χ2n) is 6.39. The number of nitro benzene ring substituents is 1. The van der Waals surface area contributed by atoms with Gasteiger partial charge in [0.2, 0.25) is 0 Å². The van der Waals surface area contributed by atoms with Gasteiger partial charge in [0.05, 0.1) is 4.92 Å². The molecule has 0 aliphatic carbocycles. The maximum atomic E-state index is 12.3. The highest BCUT2D eigenvalue weighted by molar-refractivity contribution is 6.05. The number of hydrogen-bond donors (Lipinski definition) is 1. The summed E-state index contributed by atoms with van der Waals surface area (Å²) in [5.41, 5.74) is 0.837. The van der Waals surface area contributed by atoms with Gasteiger partial charge in [-0.05, 0) is 24.0 Å². The Morgan fingerprint density at radius 2 is 1.96 bits per heavy atom. The molecule has 1 fully saturated rings. The first kappa shape index (κ1) is 16.7. The van der Waals surface area contributed by atoms with Crippen LogP contribution in [-0.4, -0.2) is 39.8 Å².